The summed E-state index contributed by atoms with van der Waals surface area (Å²) in [6.07, 6.45) is 5.71. The molecule has 1 saturated carbocycles. The van der Waals surface area contributed by atoms with E-state index in [-0.39, 0.29) is 6.10 Å². The van der Waals surface area contributed by atoms with Crippen molar-refractivity contribution in [1.29, 1.82) is 0 Å². The van der Waals surface area contributed by atoms with Gasteiger partial charge in [-0.05, 0) is 18.8 Å². The van der Waals surface area contributed by atoms with Crippen molar-refractivity contribution in [2.45, 2.75) is 51.7 Å². The van der Waals surface area contributed by atoms with E-state index in [1.165, 1.54) is 29.1 Å². The highest BCUT2D eigenvalue weighted by Gasteiger charge is 2.22. The third-order valence-corrected chi connectivity index (χ3v) is 4.61. The van der Waals surface area contributed by atoms with E-state index in [0.29, 0.717) is 12.5 Å². The molecule has 1 unspecified atom stereocenters. The lowest BCUT2D eigenvalue weighted by molar-refractivity contribution is 0.123. The monoisotopic (exact) mass is 254 g/mol. The molecule has 2 N–H and O–H groups in total. The van der Waals surface area contributed by atoms with Gasteiger partial charge in [-0.1, -0.05) is 20.3 Å². The van der Waals surface area contributed by atoms with E-state index in [4.69, 9.17) is 0 Å². The van der Waals surface area contributed by atoms with Gasteiger partial charge in [0.25, 0.3) is 0 Å². The second kappa shape index (κ2) is 5.94. The van der Waals surface area contributed by atoms with Crippen LogP contribution in [0.5, 0.6) is 0 Å². The van der Waals surface area contributed by atoms with Gasteiger partial charge < -0.3 is 10.4 Å². The number of nitrogens with zero attached hydrogens (tertiary/aromatic N) is 1. The molecule has 1 heterocycles. The Morgan fingerprint density at radius 1 is 1.53 bits per heavy atom. The predicted octanol–water partition coefficient (Wildman–Crippen LogP) is 2.52. The Morgan fingerprint density at radius 3 is 2.88 bits per heavy atom. The van der Waals surface area contributed by atoms with E-state index in [1.54, 1.807) is 0 Å². The van der Waals surface area contributed by atoms with Crippen molar-refractivity contribution in [3.05, 3.63) is 16.1 Å². The van der Waals surface area contributed by atoms with Gasteiger partial charge >= 0.3 is 0 Å². The number of hydrogen-bond donors (Lipinski definition) is 2. The summed E-state index contributed by atoms with van der Waals surface area (Å²) in [6.45, 7) is 5.56. The van der Waals surface area contributed by atoms with E-state index in [2.05, 4.69) is 10.3 Å². The predicted molar refractivity (Wildman–Crippen MR) is 71.3 cm³/mol. The van der Waals surface area contributed by atoms with Gasteiger partial charge in [-0.2, -0.15) is 0 Å². The van der Waals surface area contributed by atoms with E-state index in [1.807, 2.05) is 31.4 Å². The number of aromatic nitrogens is 1. The average Bonchev–Trinajstić information content (AvgIpc) is 2.63. The second-order valence-corrected chi connectivity index (χ2v) is 6.38. The summed E-state index contributed by atoms with van der Waals surface area (Å²) in [5.74, 6) is 1.05. The smallest absolute Gasteiger partial charge is 0.0959 e. The highest BCUT2D eigenvalue weighted by atomic mass is 32.1. The fraction of sp³-hybridized carbons (Fsp3) is 0.769. The fourth-order valence-corrected chi connectivity index (χ4v) is 2.88. The lowest BCUT2D eigenvalue weighted by atomic mass is 9.86. The summed E-state index contributed by atoms with van der Waals surface area (Å²) < 4.78 is 0. The van der Waals surface area contributed by atoms with Crippen LogP contribution in [0.1, 0.15) is 48.9 Å². The molecule has 1 aliphatic carbocycles. The first-order valence-electron chi connectivity index (χ1n) is 6.50. The molecule has 0 bridgehead atoms. The summed E-state index contributed by atoms with van der Waals surface area (Å²) in [5, 5.41) is 14.3. The molecule has 1 atom stereocenters. The molecule has 0 amide bonds. The second-order valence-electron chi connectivity index (χ2n) is 5.23. The topological polar surface area (TPSA) is 45.1 Å². The number of aliphatic hydroxyl groups excluding tert-OH is 1. The summed E-state index contributed by atoms with van der Waals surface area (Å²) in [7, 11) is 0. The maximum Gasteiger partial charge on any atom is 0.0959 e. The molecule has 96 valence electrons. The molecular formula is C13H22N2OS. The number of thiazole rings is 1. The van der Waals surface area contributed by atoms with Crippen LogP contribution in [-0.4, -0.2) is 22.7 Å². The first-order chi connectivity index (χ1) is 8.16. The molecule has 2 rings (SSSR count). The molecule has 1 aromatic rings. The lowest BCUT2D eigenvalue weighted by Gasteiger charge is -2.22. The zero-order valence-corrected chi connectivity index (χ0v) is 11.5. The highest BCUT2D eigenvalue weighted by molar-refractivity contribution is 7.11. The summed E-state index contributed by atoms with van der Waals surface area (Å²) >= 11 is 1.82. The largest absolute Gasteiger partial charge is 0.392 e. The minimum Gasteiger partial charge on any atom is -0.392 e. The Kier molecular flexibility index (Phi) is 4.54. The number of rotatable bonds is 6. The quantitative estimate of drug-likeness (QED) is 0.820. The molecule has 0 radical (unpaired) electrons. The van der Waals surface area contributed by atoms with Crippen molar-refractivity contribution in [3.8, 4) is 0 Å². The fourth-order valence-electron chi connectivity index (χ4n) is 1.83. The standard InChI is InChI=1S/C13H22N2OS/c1-9(2)12(16)8-14-6-11-7-15-13(17-11)10-4-3-5-10/h7,9-10,12,14,16H,3-6,8H2,1-2H3. The maximum absolute atomic E-state index is 9.67. The Labute approximate surface area is 107 Å². The van der Waals surface area contributed by atoms with Crippen LogP contribution in [-0.2, 0) is 6.54 Å². The SMILES string of the molecule is CC(C)C(O)CNCc1cnc(C2CCC2)s1. The molecule has 0 aromatic carbocycles. The molecular weight excluding hydrogens is 232 g/mol. The van der Waals surface area contributed by atoms with Crippen molar-refractivity contribution in [3.63, 3.8) is 0 Å². The molecule has 0 spiro atoms. The van der Waals surface area contributed by atoms with Crippen LogP contribution in [0, 0.1) is 5.92 Å². The van der Waals surface area contributed by atoms with Crippen molar-refractivity contribution < 1.29 is 5.11 Å². The molecule has 3 nitrogen and oxygen atoms in total. The van der Waals surface area contributed by atoms with Crippen LogP contribution < -0.4 is 5.32 Å². The maximum atomic E-state index is 9.67. The number of hydrogen-bond acceptors (Lipinski definition) is 4. The van der Waals surface area contributed by atoms with Crippen LogP contribution in [0.15, 0.2) is 6.20 Å². The van der Waals surface area contributed by atoms with E-state index in [9.17, 15) is 5.11 Å². The molecule has 17 heavy (non-hydrogen) atoms. The zero-order chi connectivity index (χ0) is 12.3. The third-order valence-electron chi connectivity index (χ3n) is 3.45. The van der Waals surface area contributed by atoms with E-state index in [0.717, 1.165) is 12.5 Å². The van der Waals surface area contributed by atoms with Crippen molar-refractivity contribution in [2.75, 3.05) is 6.54 Å². The van der Waals surface area contributed by atoms with Gasteiger partial charge in [0.15, 0.2) is 0 Å². The van der Waals surface area contributed by atoms with Crippen molar-refractivity contribution >= 4 is 11.3 Å². The molecule has 1 aromatic heterocycles. The van der Waals surface area contributed by atoms with Crippen LogP contribution in [0.2, 0.25) is 0 Å². The van der Waals surface area contributed by atoms with Crippen LogP contribution in [0.25, 0.3) is 0 Å². The van der Waals surface area contributed by atoms with Gasteiger partial charge in [0.05, 0.1) is 11.1 Å². The minimum absolute atomic E-state index is 0.256. The Bertz CT molecular complexity index is 347. The van der Waals surface area contributed by atoms with Crippen LogP contribution in [0.3, 0.4) is 0 Å². The van der Waals surface area contributed by atoms with Crippen molar-refractivity contribution in [1.82, 2.24) is 10.3 Å². The van der Waals surface area contributed by atoms with Crippen LogP contribution in [0.4, 0.5) is 0 Å². The minimum atomic E-state index is -0.256. The normalized spacial score (nSPS) is 18.4. The molecule has 0 saturated heterocycles. The van der Waals surface area contributed by atoms with Gasteiger partial charge in [0.1, 0.15) is 0 Å². The number of aliphatic hydroxyl groups is 1. The first kappa shape index (κ1) is 13.0. The third kappa shape index (κ3) is 3.50. The Morgan fingerprint density at radius 2 is 2.29 bits per heavy atom. The summed E-state index contributed by atoms with van der Waals surface area (Å²) in [5.41, 5.74) is 0. The first-order valence-corrected chi connectivity index (χ1v) is 7.32. The van der Waals surface area contributed by atoms with E-state index >= 15 is 0 Å². The van der Waals surface area contributed by atoms with Gasteiger partial charge in [-0.25, -0.2) is 4.98 Å². The van der Waals surface area contributed by atoms with Crippen molar-refractivity contribution in [2.24, 2.45) is 5.92 Å². The lowest BCUT2D eigenvalue weighted by Crippen LogP contribution is -2.29. The summed E-state index contributed by atoms with van der Waals surface area (Å²) in [6, 6.07) is 0. The summed E-state index contributed by atoms with van der Waals surface area (Å²) in [4.78, 5) is 5.77. The average molecular weight is 254 g/mol. The van der Waals surface area contributed by atoms with E-state index < -0.39 is 0 Å². The number of nitrogens with one attached hydrogen (secondary N) is 1. The Hall–Kier alpha value is -0.450. The molecule has 1 aliphatic rings. The highest BCUT2D eigenvalue weighted by Crippen LogP contribution is 2.38. The van der Waals surface area contributed by atoms with Gasteiger partial charge in [0, 0.05) is 30.1 Å². The Balaban J connectivity index is 1.73. The molecule has 0 aliphatic heterocycles. The molecule has 4 heteroatoms. The van der Waals surface area contributed by atoms with Gasteiger partial charge in [-0.15, -0.1) is 11.3 Å². The molecule has 1 fully saturated rings. The van der Waals surface area contributed by atoms with Crippen LogP contribution >= 0.6 is 11.3 Å². The zero-order valence-electron chi connectivity index (χ0n) is 10.6. The van der Waals surface area contributed by atoms with Gasteiger partial charge in [0.2, 0.25) is 0 Å². The van der Waals surface area contributed by atoms with Gasteiger partial charge in [-0.3, -0.25) is 0 Å².